The predicted molar refractivity (Wildman–Crippen MR) is 89.4 cm³/mol. The van der Waals surface area contributed by atoms with Gasteiger partial charge in [-0.2, -0.15) is 4.98 Å². The average Bonchev–Trinajstić information content (AvgIpc) is 2.41. The van der Waals surface area contributed by atoms with Crippen LogP contribution in [0.15, 0.2) is 10.7 Å². The van der Waals surface area contributed by atoms with Crippen LogP contribution in [0.2, 0.25) is 0 Å². The molecule has 0 aliphatic carbocycles. The lowest BCUT2D eigenvalue weighted by Gasteiger charge is -2.20. The van der Waals surface area contributed by atoms with Crippen molar-refractivity contribution in [3.05, 3.63) is 10.7 Å². The summed E-state index contributed by atoms with van der Waals surface area (Å²) in [7, 11) is 2.17. The molecule has 1 rings (SSSR count). The van der Waals surface area contributed by atoms with Gasteiger partial charge in [0, 0.05) is 25.3 Å². The normalized spacial score (nSPS) is 11.2. The molecule has 0 aliphatic heterocycles. The Labute approximate surface area is 130 Å². The van der Waals surface area contributed by atoms with Gasteiger partial charge in [-0.1, -0.05) is 0 Å². The Morgan fingerprint density at radius 1 is 1.30 bits per heavy atom. The molecule has 0 aliphatic rings. The summed E-state index contributed by atoms with van der Waals surface area (Å²) in [5.74, 6) is 1.52. The molecule has 1 aromatic rings. The highest BCUT2D eigenvalue weighted by molar-refractivity contribution is 9.10. The summed E-state index contributed by atoms with van der Waals surface area (Å²) in [6.45, 7) is 9.35. The first-order valence-electron chi connectivity index (χ1n) is 7.25. The van der Waals surface area contributed by atoms with Crippen LogP contribution in [0.4, 0.5) is 11.8 Å². The monoisotopic (exact) mass is 343 g/mol. The fourth-order valence-electron chi connectivity index (χ4n) is 1.69. The minimum absolute atomic E-state index is 0.613. The number of nitrogens with one attached hydrogen (secondary N) is 2. The van der Waals surface area contributed by atoms with Gasteiger partial charge in [-0.3, -0.25) is 0 Å². The number of halogens is 1. The summed E-state index contributed by atoms with van der Waals surface area (Å²) in [5, 5.41) is 6.47. The van der Waals surface area contributed by atoms with Crippen molar-refractivity contribution in [1.82, 2.24) is 14.9 Å². The Morgan fingerprint density at radius 3 is 2.70 bits per heavy atom. The van der Waals surface area contributed by atoms with E-state index in [2.05, 4.69) is 62.3 Å². The fraction of sp³-hybridized carbons (Fsp3) is 0.714. The number of aromatic nitrogens is 2. The number of nitrogens with zero attached hydrogens (tertiary/aromatic N) is 3. The molecule has 20 heavy (non-hydrogen) atoms. The van der Waals surface area contributed by atoms with Crippen LogP contribution in [-0.4, -0.2) is 47.6 Å². The Morgan fingerprint density at radius 2 is 2.05 bits per heavy atom. The van der Waals surface area contributed by atoms with Gasteiger partial charge in [0.1, 0.15) is 5.82 Å². The van der Waals surface area contributed by atoms with E-state index in [4.69, 9.17) is 0 Å². The van der Waals surface area contributed by atoms with E-state index in [1.165, 1.54) is 6.42 Å². The van der Waals surface area contributed by atoms with Crippen LogP contribution in [0, 0.1) is 0 Å². The van der Waals surface area contributed by atoms with Crippen molar-refractivity contribution in [2.45, 2.75) is 39.7 Å². The molecule has 0 spiro atoms. The number of unbranched alkanes of at least 4 members (excludes halogenated alkanes) is 1. The van der Waals surface area contributed by atoms with Gasteiger partial charge >= 0.3 is 0 Å². The van der Waals surface area contributed by atoms with Crippen molar-refractivity contribution >= 4 is 27.7 Å². The summed E-state index contributed by atoms with van der Waals surface area (Å²) in [6, 6.07) is 0.613. The Balaban J connectivity index is 2.32. The topological polar surface area (TPSA) is 53.1 Å². The highest BCUT2D eigenvalue weighted by atomic mass is 79.9. The van der Waals surface area contributed by atoms with Gasteiger partial charge in [0.05, 0.1) is 4.47 Å². The van der Waals surface area contributed by atoms with Crippen molar-refractivity contribution in [3.63, 3.8) is 0 Å². The molecular formula is C14H26BrN5. The molecular weight excluding hydrogens is 318 g/mol. The molecule has 0 aromatic carbocycles. The van der Waals surface area contributed by atoms with E-state index in [-0.39, 0.29) is 0 Å². The second-order valence-corrected chi connectivity index (χ2v) is 5.98. The van der Waals surface area contributed by atoms with Crippen LogP contribution in [0.25, 0.3) is 0 Å². The average molecular weight is 344 g/mol. The molecule has 5 nitrogen and oxygen atoms in total. The van der Waals surface area contributed by atoms with Crippen molar-refractivity contribution < 1.29 is 0 Å². The van der Waals surface area contributed by atoms with E-state index in [9.17, 15) is 0 Å². The van der Waals surface area contributed by atoms with E-state index in [1.54, 1.807) is 6.20 Å². The third-order valence-corrected chi connectivity index (χ3v) is 3.77. The molecule has 0 atom stereocenters. The lowest BCUT2D eigenvalue weighted by atomic mass is 10.2. The summed E-state index contributed by atoms with van der Waals surface area (Å²) in [6.07, 6.45) is 4.09. The minimum Gasteiger partial charge on any atom is -0.369 e. The zero-order chi connectivity index (χ0) is 15.0. The third-order valence-electron chi connectivity index (χ3n) is 3.19. The molecule has 0 fully saturated rings. The van der Waals surface area contributed by atoms with Gasteiger partial charge in [0.15, 0.2) is 0 Å². The molecule has 1 aromatic heterocycles. The van der Waals surface area contributed by atoms with E-state index < -0.39 is 0 Å². The minimum atomic E-state index is 0.613. The molecule has 2 N–H and O–H groups in total. The smallest absolute Gasteiger partial charge is 0.224 e. The third kappa shape index (κ3) is 6.05. The standard InChI is InChI=1S/C14H26BrN5/c1-5-16-14-18-10-12(15)13(19-14)17-8-6-7-9-20(4)11(2)3/h10-11H,5-9H2,1-4H3,(H2,16,17,18,19). The van der Waals surface area contributed by atoms with Crippen LogP contribution in [0.1, 0.15) is 33.6 Å². The molecule has 6 heteroatoms. The SMILES string of the molecule is CCNc1ncc(Br)c(NCCCCN(C)C(C)C)n1. The number of rotatable bonds is 9. The molecule has 114 valence electrons. The second-order valence-electron chi connectivity index (χ2n) is 5.13. The molecule has 0 saturated carbocycles. The molecule has 0 radical (unpaired) electrons. The summed E-state index contributed by atoms with van der Waals surface area (Å²) in [4.78, 5) is 11.0. The number of hydrogen-bond donors (Lipinski definition) is 2. The maximum Gasteiger partial charge on any atom is 0.224 e. The van der Waals surface area contributed by atoms with Crippen LogP contribution < -0.4 is 10.6 Å². The number of anilines is 2. The zero-order valence-corrected chi connectivity index (χ0v) is 14.5. The van der Waals surface area contributed by atoms with Gasteiger partial charge < -0.3 is 15.5 Å². The van der Waals surface area contributed by atoms with Gasteiger partial charge in [0.25, 0.3) is 0 Å². The van der Waals surface area contributed by atoms with Crippen LogP contribution in [-0.2, 0) is 0 Å². The zero-order valence-electron chi connectivity index (χ0n) is 12.9. The van der Waals surface area contributed by atoms with Crippen molar-refractivity contribution in [1.29, 1.82) is 0 Å². The fourth-order valence-corrected chi connectivity index (χ4v) is 2.02. The Bertz CT molecular complexity index is 397. The lowest BCUT2D eigenvalue weighted by Crippen LogP contribution is -2.27. The molecule has 0 saturated heterocycles. The Hall–Kier alpha value is -0.880. The Kier molecular flexibility index (Phi) is 7.84. The van der Waals surface area contributed by atoms with Gasteiger partial charge in [-0.15, -0.1) is 0 Å². The van der Waals surface area contributed by atoms with Crippen LogP contribution in [0.5, 0.6) is 0 Å². The first kappa shape index (κ1) is 17.2. The molecule has 0 amide bonds. The highest BCUT2D eigenvalue weighted by Gasteiger charge is 2.05. The van der Waals surface area contributed by atoms with Gasteiger partial charge in [0.2, 0.25) is 5.95 Å². The summed E-state index contributed by atoms with van der Waals surface area (Å²) < 4.78 is 0.901. The molecule has 0 unspecified atom stereocenters. The predicted octanol–water partition coefficient (Wildman–Crippen LogP) is 3.20. The van der Waals surface area contributed by atoms with Gasteiger partial charge in [-0.25, -0.2) is 4.98 Å². The summed E-state index contributed by atoms with van der Waals surface area (Å²) in [5.41, 5.74) is 0. The maximum absolute atomic E-state index is 4.43. The van der Waals surface area contributed by atoms with Crippen LogP contribution >= 0.6 is 15.9 Å². The quantitative estimate of drug-likeness (QED) is 0.674. The van der Waals surface area contributed by atoms with Crippen molar-refractivity contribution in [3.8, 4) is 0 Å². The highest BCUT2D eigenvalue weighted by Crippen LogP contribution is 2.20. The largest absolute Gasteiger partial charge is 0.369 e. The molecule has 0 bridgehead atoms. The summed E-state index contributed by atoms with van der Waals surface area (Å²) >= 11 is 3.47. The van der Waals surface area contributed by atoms with E-state index in [1.807, 2.05) is 6.92 Å². The maximum atomic E-state index is 4.43. The van der Waals surface area contributed by atoms with E-state index in [0.717, 1.165) is 36.3 Å². The van der Waals surface area contributed by atoms with Gasteiger partial charge in [-0.05, 0) is 63.1 Å². The van der Waals surface area contributed by atoms with Crippen molar-refractivity contribution in [2.24, 2.45) is 0 Å². The second kappa shape index (κ2) is 9.13. The van der Waals surface area contributed by atoms with Crippen molar-refractivity contribution in [2.75, 3.05) is 37.3 Å². The molecule has 1 heterocycles. The number of hydrogen-bond acceptors (Lipinski definition) is 5. The van der Waals surface area contributed by atoms with Crippen LogP contribution in [0.3, 0.4) is 0 Å². The first-order chi connectivity index (χ1) is 9.54. The lowest BCUT2D eigenvalue weighted by molar-refractivity contribution is 0.269. The van der Waals surface area contributed by atoms with E-state index >= 15 is 0 Å². The van der Waals surface area contributed by atoms with E-state index in [0.29, 0.717) is 12.0 Å². The first-order valence-corrected chi connectivity index (χ1v) is 8.04.